The highest BCUT2D eigenvalue weighted by atomic mass is 16.5. The Hall–Kier alpha value is -2.09. The van der Waals surface area contributed by atoms with Crippen LogP contribution in [-0.4, -0.2) is 53.0 Å². The summed E-state index contributed by atoms with van der Waals surface area (Å²) in [6.07, 6.45) is 2.83. The van der Waals surface area contributed by atoms with E-state index in [1.165, 1.54) is 12.5 Å². The van der Waals surface area contributed by atoms with E-state index in [4.69, 9.17) is 9.84 Å². The predicted molar refractivity (Wildman–Crippen MR) is 67.1 cm³/mol. The molecule has 1 heterocycles. The number of urea groups is 1. The summed E-state index contributed by atoms with van der Waals surface area (Å²) in [6, 6.07) is -0.361. The van der Waals surface area contributed by atoms with Crippen molar-refractivity contribution in [2.24, 2.45) is 0 Å². The molecule has 0 bridgehead atoms. The third-order valence-corrected chi connectivity index (χ3v) is 2.30. The van der Waals surface area contributed by atoms with Crippen molar-refractivity contribution in [3.63, 3.8) is 0 Å². The molecule has 0 saturated carbocycles. The highest BCUT2D eigenvalue weighted by Gasteiger charge is 2.07. The van der Waals surface area contributed by atoms with Gasteiger partial charge < -0.3 is 25.0 Å². The average molecular weight is 270 g/mol. The summed E-state index contributed by atoms with van der Waals surface area (Å²) in [5, 5.41) is 14.0. The molecule has 0 fully saturated rings. The molecule has 0 saturated heterocycles. The third kappa shape index (κ3) is 5.38. The van der Waals surface area contributed by atoms with Gasteiger partial charge >= 0.3 is 12.0 Å². The fourth-order valence-electron chi connectivity index (χ4n) is 1.46. The van der Waals surface area contributed by atoms with Gasteiger partial charge in [0.2, 0.25) is 0 Å². The van der Waals surface area contributed by atoms with Crippen LogP contribution in [0.3, 0.4) is 0 Å². The zero-order chi connectivity index (χ0) is 14.3. The standard InChI is InChI=1S/C11H18N4O4/c1-8(6-19-2)14-11(18)12-3-4-15-5-9(10(16)17)13-7-15/h5,7-8H,3-4,6H2,1-2H3,(H,16,17)(H2,12,14,18). The van der Waals surface area contributed by atoms with Gasteiger partial charge in [-0.25, -0.2) is 14.6 Å². The number of carboxylic acid groups (broad SMARTS) is 1. The maximum Gasteiger partial charge on any atom is 0.356 e. The summed E-state index contributed by atoms with van der Waals surface area (Å²) in [5.74, 6) is -1.07. The molecule has 0 aliphatic carbocycles. The van der Waals surface area contributed by atoms with Crippen LogP contribution in [0.5, 0.6) is 0 Å². The average Bonchev–Trinajstić information content (AvgIpc) is 2.78. The minimum absolute atomic E-state index is 0.0156. The van der Waals surface area contributed by atoms with E-state index < -0.39 is 5.97 Å². The Kier molecular flexibility index (Phi) is 5.80. The molecule has 0 spiro atoms. The van der Waals surface area contributed by atoms with Crippen LogP contribution in [-0.2, 0) is 11.3 Å². The fraction of sp³-hybridized carbons (Fsp3) is 0.545. The Balaban J connectivity index is 2.25. The third-order valence-electron chi connectivity index (χ3n) is 2.30. The Bertz CT molecular complexity index is 432. The van der Waals surface area contributed by atoms with E-state index in [2.05, 4.69) is 15.6 Å². The Morgan fingerprint density at radius 3 is 2.89 bits per heavy atom. The van der Waals surface area contributed by atoms with E-state index in [0.29, 0.717) is 19.7 Å². The van der Waals surface area contributed by atoms with Crippen molar-refractivity contribution in [3.05, 3.63) is 18.2 Å². The number of nitrogens with zero attached hydrogens (tertiary/aromatic N) is 2. The number of methoxy groups -OCH3 is 1. The zero-order valence-electron chi connectivity index (χ0n) is 10.9. The number of aromatic nitrogens is 2. The predicted octanol–water partition coefficient (Wildman–Crippen LogP) is -0.0846. The number of aromatic carboxylic acids is 1. The monoisotopic (exact) mass is 270 g/mol. The number of hydrogen-bond acceptors (Lipinski definition) is 4. The van der Waals surface area contributed by atoms with Crippen LogP contribution in [0, 0.1) is 0 Å². The van der Waals surface area contributed by atoms with Gasteiger partial charge in [0, 0.05) is 26.4 Å². The molecule has 0 aromatic carbocycles. The van der Waals surface area contributed by atoms with E-state index in [1.807, 2.05) is 6.92 Å². The van der Waals surface area contributed by atoms with Crippen LogP contribution in [0.15, 0.2) is 12.5 Å². The number of hydrogen-bond donors (Lipinski definition) is 3. The van der Waals surface area contributed by atoms with Crippen LogP contribution < -0.4 is 10.6 Å². The Morgan fingerprint density at radius 2 is 2.32 bits per heavy atom. The van der Waals surface area contributed by atoms with Crippen LogP contribution in [0.4, 0.5) is 4.79 Å². The van der Waals surface area contributed by atoms with Crippen molar-refractivity contribution >= 4 is 12.0 Å². The largest absolute Gasteiger partial charge is 0.476 e. The van der Waals surface area contributed by atoms with E-state index >= 15 is 0 Å². The van der Waals surface area contributed by atoms with Gasteiger partial charge in [-0.05, 0) is 6.92 Å². The molecule has 0 aliphatic heterocycles. The number of imidazole rings is 1. The van der Waals surface area contributed by atoms with Crippen LogP contribution in [0.2, 0.25) is 0 Å². The first-order valence-corrected chi connectivity index (χ1v) is 5.81. The molecule has 8 heteroatoms. The molecule has 1 unspecified atom stereocenters. The first-order valence-electron chi connectivity index (χ1n) is 5.81. The van der Waals surface area contributed by atoms with Crippen molar-refractivity contribution in [2.75, 3.05) is 20.3 Å². The lowest BCUT2D eigenvalue weighted by atomic mass is 10.4. The van der Waals surface area contributed by atoms with E-state index in [0.717, 1.165) is 0 Å². The number of ether oxygens (including phenoxy) is 1. The van der Waals surface area contributed by atoms with Crippen LogP contribution in [0.1, 0.15) is 17.4 Å². The SMILES string of the molecule is COCC(C)NC(=O)NCCn1cnc(C(=O)O)c1. The van der Waals surface area contributed by atoms with Crippen molar-refractivity contribution in [1.82, 2.24) is 20.2 Å². The molecule has 2 amide bonds. The highest BCUT2D eigenvalue weighted by Crippen LogP contribution is 1.95. The van der Waals surface area contributed by atoms with Crippen molar-refractivity contribution < 1.29 is 19.4 Å². The van der Waals surface area contributed by atoms with Crippen LogP contribution in [0.25, 0.3) is 0 Å². The van der Waals surface area contributed by atoms with Crippen molar-refractivity contribution in [1.29, 1.82) is 0 Å². The van der Waals surface area contributed by atoms with Crippen LogP contribution >= 0.6 is 0 Å². The van der Waals surface area contributed by atoms with Gasteiger partial charge in [0.15, 0.2) is 5.69 Å². The zero-order valence-corrected chi connectivity index (χ0v) is 10.9. The summed E-state index contributed by atoms with van der Waals surface area (Å²) in [7, 11) is 1.56. The molecule has 19 heavy (non-hydrogen) atoms. The lowest BCUT2D eigenvalue weighted by molar-refractivity contribution is 0.0691. The maximum atomic E-state index is 11.4. The second-order valence-electron chi connectivity index (χ2n) is 4.06. The molecule has 0 radical (unpaired) electrons. The summed E-state index contributed by atoms with van der Waals surface area (Å²) in [6.45, 7) is 3.10. The summed E-state index contributed by atoms with van der Waals surface area (Å²) in [5.41, 5.74) is -0.0156. The van der Waals surface area contributed by atoms with Gasteiger partial charge in [-0.3, -0.25) is 0 Å². The normalized spacial score (nSPS) is 11.9. The number of rotatable bonds is 7. The number of carbonyl (C=O) groups is 2. The van der Waals surface area contributed by atoms with Gasteiger partial charge in [0.05, 0.1) is 19.0 Å². The fourth-order valence-corrected chi connectivity index (χ4v) is 1.46. The van der Waals surface area contributed by atoms with Gasteiger partial charge in [-0.2, -0.15) is 0 Å². The minimum Gasteiger partial charge on any atom is -0.476 e. The Labute approximate surface area is 110 Å². The lowest BCUT2D eigenvalue weighted by Crippen LogP contribution is -2.43. The molecular formula is C11H18N4O4. The quantitative estimate of drug-likeness (QED) is 0.642. The van der Waals surface area contributed by atoms with Gasteiger partial charge in [0.25, 0.3) is 0 Å². The Morgan fingerprint density at radius 1 is 1.58 bits per heavy atom. The molecule has 106 valence electrons. The minimum atomic E-state index is -1.07. The summed E-state index contributed by atoms with van der Waals surface area (Å²) in [4.78, 5) is 25.8. The topological polar surface area (TPSA) is 105 Å². The van der Waals surface area contributed by atoms with Crippen molar-refractivity contribution in [2.45, 2.75) is 19.5 Å². The molecular weight excluding hydrogens is 252 g/mol. The maximum absolute atomic E-state index is 11.4. The highest BCUT2D eigenvalue weighted by molar-refractivity contribution is 5.84. The lowest BCUT2D eigenvalue weighted by Gasteiger charge is -2.13. The number of carboxylic acids is 1. The van der Waals surface area contributed by atoms with E-state index in [9.17, 15) is 9.59 Å². The molecule has 1 aromatic heterocycles. The summed E-state index contributed by atoms with van der Waals surface area (Å²) < 4.78 is 6.49. The first kappa shape index (κ1) is 15.0. The second kappa shape index (κ2) is 7.37. The van der Waals surface area contributed by atoms with Gasteiger partial charge in [0.1, 0.15) is 0 Å². The first-order chi connectivity index (χ1) is 9.02. The van der Waals surface area contributed by atoms with E-state index in [1.54, 1.807) is 11.7 Å². The van der Waals surface area contributed by atoms with E-state index in [-0.39, 0.29) is 17.8 Å². The molecule has 1 aromatic rings. The smallest absolute Gasteiger partial charge is 0.356 e. The number of nitrogens with one attached hydrogen (secondary N) is 2. The second-order valence-corrected chi connectivity index (χ2v) is 4.06. The molecule has 3 N–H and O–H groups in total. The van der Waals surface area contributed by atoms with Gasteiger partial charge in [-0.15, -0.1) is 0 Å². The molecule has 8 nitrogen and oxygen atoms in total. The van der Waals surface area contributed by atoms with Gasteiger partial charge in [-0.1, -0.05) is 0 Å². The molecule has 0 aliphatic rings. The molecule has 1 rings (SSSR count). The summed E-state index contributed by atoms with van der Waals surface area (Å²) >= 11 is 0. The molecule has 1 atom stereocenters. The van der Waals surface area contributed by atoms with Crippen molar-refractivity contribution in [3.8, 4) is 0 Å². The number of carbonyl (C=O) groups excluding carboxylic acids is 1. The number of amides is 2.